The van der Waals surface area contributed by atoms with Crippen molar-refractivity contribution in [2.45, 2.75) is 13.0 Å². The molecule has 2 aromatic carbocycles. The highest BCUT2D eigenvalue weighted by molar-refractivity contribution is 5.83. The number of benzene rings is 2. The molecule has 0 aromatic heterocycles. The summed E-state index contributed by atoms with van der Waals surface area (Å²) >= 11 is 0. The fraction of sp³-hybridized carbons (Fsp3) is 0.353. The van der Waals surface area contributed by atoms with Crippen LogP contribution in [0.15, 0.2) is 42.5 Å². The summed E-state index contributed by atoms with van der Waals surface area (Å²) in [6.45, 7) is 2.79. The van der Waals surface area contributed by atoms with Gasteiger partial charge in [0.15, 0.2) is 0 Å². The van der Waals surface area contributed by atoms with Gasteiger partial charge < -0.3 is 15.4 Å². The zero-order chi connectivity index (χ0) is 14.5. The molecule has 0 radical (unpaired) electrons. The number of nitrogens with one attached hydrogen (secondary N) is 2. The van der Waals surface area contributed by atoms with Crippen LogP contribution >= 0.6 is 0 Å². The Kier molecular flexibility index (Phi) is 4.36. The summed E-state index contributed by atoms with van der Waals surface area (Å²) in [6, 6.07) is 14.3. The number of urea groups is 1. The molecule has 2 aromatic rings. The van der Waals surface area contributed by atoms with Crippen molar-refractivity contribution in [1.29, 1.82) is 0 Å². The minimum Gasteiger partial charge on any atom is -0.381 e. The summed E-state index contributed by atoms with van der Waals surface area (Å²) in [5, 5.41) is 8.21. The third-order valence-electron chi connectivity index (χ3n) is 3.84. The van der Waals surface area contributed by atoms with Crippen LogP contribution in [0.25, 0.3) is 10.8 Å². The van der Waals surface area contributed by atoms with E-state index >= 15 is 0 Å². The van der Waals surface area contributed by atoms with Gasteiger partial charge in [0, 0.05) is 25.6 Å². The number of rotatable bonds is 4. The van der Waals surface area contributed by atoms with Crippen molar-refractivity contribution in [3.63, 3.8) is 0 Å². The summed E-state index contributed by atoms with van der Waals surface area (Å²) in [6.07, 6.45) is 1.03. The van der Waals surface area contributed by atoms with E-state index in [9.17, 15) is 4.79 Å². The number of fused-ring (bicyclic) bond motifs is 1. The third-order valence-corrected chi connectivity index (χ3v) is 3.84. The molecule has 1 aliphatic heterocycles. The molecule has 3 rings (SSSR count). The fourth-order valence-electron chi connectivity index (χ4n) is 2.57. The summed E-state index contributed by atoms with van der Waals surface area (Å²) in [5.74, 6) is 0.455. The molecule has 1 saturated heterocycles. The minimum atomic E-state index is -0.116. The molecule has 0 unspecified atom stereocenters. The van der Waals surface area contributed by atoms with Gasteiger partial charge in [-0.1, -0.05) is 36.4 Å². The number of hydrogen-bond donors (Lipinski definition) is 2. The van der Waals surface area contributed by atoms with Gasteiger partial charge in [-0.15, -0.1) is 0 Å². The zero-order valence-corrected chi connectivity index (χ0v) is 12.0. The zero-order valence-electron chi connectivity index (χ0n) is 12.0. The maximum absolute atomic E-state index is 11.8. The second kappa shape index (κ2) is 6.59. The van der Waals surface area contributed by atoms with Crippen LogP contribution in [-0.2, 0) is 11.3 Å². The Morgan fingerprint density at radius 2 is 2.00 bits per heavy atom. The van der Waals surface area contributed by atoms with Crippen molar-refractivity contribution in [2.24, 2.45) is 5.92 Å². The third kappa shape index (κ3) is 3.73. The summed E-state index contributed by atoms with van der Waals surface area (Å²) in [4.78, 5) is 11.8. The predicted molar refractivity (Wildman–Crippen MR) is 83.1 cm³/mol. The van der Waals surface area contributed by atoms with Crippen LogP contribution in [0.4, 0.5) is 4.79 Å². The van der Waals surface area contributed by atoms with Gasteiger partial charge in [0.25, 0.3) is 0 Å². The van der Waals surface area contributed by atoms with Crippen LogP contribution in [-0.4, -0.2) is 25.8 Å². The van der Waals surface area contributed by atoms with Crippen LogP contribution in [0.1, 0.15) is 12.0 Å². The first-order valence-electron chi connectivity index (χ1n) is 7.38. The van der Waals surface area contributed by atoms with E-state index < -0.39 is 0 Å². The smallest absolute Gasteiger partial charge is 0.315 e. The van der Waals surface area contributed by atoms with Crippen molar-refractivity contribution < 1.29 is 9.53 Å². The van der Waals surface area contributed by atoms with Crippen LogP contribution in [0, 0.1) is 5.92 Å². The fourth-order valence-corrected chi connectivity index (χ4v) is 2.57. The van der Waals surface area contributed by atoms with Crippen molar-refractivity contribution >= 4 is 16.8 Å². The van der Waals surface area contributed by atoms with E-state index in [0.717, 1.165) is 25.2 Å². The van der Waals surface area contributed by atoms with Gasteiger partial charge in [0.2, 0.25) is 0 Å². The minimum absolute atomic E-state index is 0.116. The maximum Gasteiger partial charge on any atom is 0.315 e. The van der Waals surface area contributed by atoms with Crippen LogP contribution in [0.2, 0.25) is 0 Å². The second-order valence-corrected chi connectivity index (χ2v) is 5.47. The Hall–Kier alpha value is -2.07. The molecule has 110 valence electrons. The highest BCUT2D eigenvalue weighted by Gasteiger charge is 2.15. The number of ether oxygens (including phenoxy) is 1. The molecule has 0 saturated carbocycles. The van der Waals surface area contributed by atoms with E-state index in [4.69, 9.17) is 4.74 Å². The predicted octanol–water partition coefficient (Wildman–Crippen LogP) is 2.68. The lowest BCUT2D eigenvalue weighted by Gasteiger charge is -2.11. The highest BCUT2D eigenvalue weighted by atomic mass is 16.5. The molecule has 2 amide bonds. The number of carbonyl (C=O) groups excluding carboxylic acids is 1. The topological polar surface area (TPSA) is 50.4 Å². The number of hydrogen-bond acceptors (Lipinski definition) is 2. The maximum atomic E-state index is 11.8. The van der Waals surface area contributed by atoms with Crippen LogP contribution in [0.5, 0.6) is 0 Å². The van der Waals surface area contributed by atoms with Gasteiger partial charge >= 0.3 is 6.03 Å². The molecule has 0 aliphatic carbocycles. The molecule has 1 heterocycles. The summed E-state index contributed by atoms with van der Waals surface area (Å²) < 4.78 is 5.29. The van der Waals surface area contributed by atoms with Gasteiger partial charge in [-0.3, -0.25) is 0 Å². The average molecular weight is 284 g/mol. The molecule has 0 spiro atoms. The van der Waals surface area contributed by atoms with Crippen LogP contribution in [0.3, 0.4) is 0 Å². The molecular weight excluding hydrogens is 264 g/mol. The molecule has 1 atom stereocenters. The van der Waals surface area contributed by atoms with Gasteiger partial charge in [-0.2, -0.15) is 0 Å². The largest absolute Gasteiger partial charge is 0.381 e. The standard InChI is InChI=1S/C17H20N2O2/c20-17(19-11-14-7-8-21-12-14)18-10-13-5-6-15-3-1-2-4-16(15)9-13/h1-6,9,14H,7-8,10-12H2,(H2,18,19,20)/t14-/m0/s1. The van der Waals surface area contributed by atoms with Crippen molar-refractivity contribution in [3.8, 4) is 0 Å². The monoisotopic (exact) mass is 284 g/mol. The highest BCUT2D eigenvalue weighted by Crippen LogP contribution is 2.15. The molecule has 2 N–H and O–H groups in total. The van der Waals surface area contributed by atoms with E-state index in [1.165, 1.54) is 10.8 Å². The normalized spacial score (nSPS) is 17.8. The van der Waals surface area contributed by atoms with E-state index in [1.807, 2.05) is 18.2 Å². The molecular formula is C17H20N2O2. The molecule has 0 bridgehead atoms. The Labute approximate surface area is 124 Å². The van der Waals surface area contributed by atoms with Crippen molar-refractivity contribution in [3.05, 3.63) is 48.0 Å². The number of amides is 2. The Balaban J connectivity index is 1.49. The van der Waals surface area contributed by atoms with Crippen molar-refractivity contribution in [1.82, 2.24) is 10.6 Å². The second-order valence-electron chi connectivity index (χ2n) is 5.47. The number of carbonyl (C=O) groups is 1. The van der Waals surface area contributed by atoms with Gasteiger partial charge in [0.05, 0.1) is 6.61 Å². The van der Waals surface area contributed by atoms with Gasteiger partial charge in [-0.25, -0.2) is 4.79 Å². The first kappa shape index (κ1) is 13.9. The Bertz CT molecular complexity index is 621. The molecule has 1 fully saturated rings. The van der Waals surface area contributed by atoms with Gasteiger partial charge in [0.1, 0.15) is 0 Å². The van der Waals surface area contributed by atoms with Gasteiger partial charge in [-0.05, 0) is 28.8 Å². The SMILES string of the molecule is O=C(NCc1ccc2ccccc2c1)NC[C@@H]1CCOC1. The lowest BCUT2D eigenvalue weighted by Crippen LogP contribution is -2.38. The molecule has 1 aliphatic rings. The summed E-state index contributed by atoms with van der Waals surface area (Å²) in [5.41, 5.74) is 1.10. The first-order valence-corrected chi connectivity index (χ1v) is 7.38. The first-order chi connectivity index (χ1) is 10.3. The van der Waals surface area contributed by atoms with Crippen LogP contribution < -0.4 is 10.6 Å². The van der Waals surface area contributed by atoms with E-state index in [-0.39, 0.29) is 6.03 Å². The van der Waals surface area contributed by atoms with E-state index in [2.05, 4.69) is 34.9 Å². The average Bonchev–Trinajstić information content (AvgIpc) is 3.04. The lowest BCUT2D eigenvalue weighted by atomic mass is 10.1. The molecule has 21 heavy (non-hydrogen) atoms. The Morgan fingerprint density at radius 3 is 2.81 bits per heavy atom. The van der Waals surface area contributed by atoms with E-state index in [0.29, 0.717) is 19.0 Å². The molecule has 4 heteroatoms. The lowest BCUT2D eigenvalue weighted by molar-refractivity contribution is 0.185. The quantitative estimate of drug-likeness (QED) is 0.907. The Morgan fingerprint density at radius 1 is 1.14 bits per heavy atom. The molecule has 4 nitrogen and oxygen atoms in total. The van der Waals surface area contributed by atoms with E-state index in [1.54, 1.807) is 0 Å². The summed E-state index contributed by atoms with van der Waals surface area (Å²) in [7, 11) is 0. The van der Waals surface area contributed by atoms with Crippen molar-refractivity contribution in [2.75, 3.05) is 19.8 Å².